The predicted octanol–water partition coefficient (Wildman–Crippen LogP) is 4.59. The van der Waals surface area contributed by atoms with Gasteiger partial charge in [-0.25, -0.2) is 4.39 Å². The first kappa shape index (κ1) is 24.7. The van der Waals surface area contributed by atoms with Gasteiger partial charge in [0.25, 0.3) is 0 Å². The van der Waals surface area contributed by atoms with Crippen molar-refractivity contribution in [3.63, 3.8) is 0 Å². The van der Waals surface area contributed by atoms with Crippen molar-refractivity contribution in [2.24, 2.45) is 0 Å². The number of pyridine rings is 1. The van der Waals surface area contributed by atoms with Crippen LogP contribution < -0.4 is 20.2 Å². The first-order chi connectivity index (χ1) is 17.3. The number of aromatic nitrogens is 1. The monoisotopic (exact) mass is 488 g/mol. The van der Waals surface area contributed by atoms with E-state index in [1.54, 1.807) is 30.3 Å². The number of ether oxygens (including phenoxy) is 2. The summed E-state index contributed by atoms with van der Waals surface area (Å²) >= 11 is 0. The molecule has 0 aliphatic heterocycles. The van der Waals surface area contributed by atoms with Gasteiger partial charge < -0.3 is 19.4 Å². The fraction of sp³-hybridized carbons (Fsp3) is 0.179. The van der Waals surface area contributed by atoms with E-state index in [4.69, 9.17) is 9.47 Å². The van der Waals surface area contributed by atoms with Gasteiger partial charge in [-0.1, -0.05) is 31.2 Å². The number of nitrogens with one attached hydrogen (secondary N) is 1. The average Bonchev–Trinajstić information content (AvgIpc) is 2.89. The van der Waals surface area contributed by atoms with Gasteiger partial charge in [0.15, 0.2) is 5.78 Å². The van der Waals surface area contributed by atoms with Crippen LogP contribution in [0.4, 0.5) is 10.1 Å². The van der Waals surface area contributed by atoms with Gasteiger partial charge in [0.2, 0.25) is 11.3 Å². The maximum Gasteiger partial charge on any atom is 0.244 e. The van der Waals surface area contributed by atoms with Crippen molar-refractivity contribution in [2.75, 3.05) is 19.5 Å². The molecule has 0 spiro atoms. The number of hydrogen-bond acceptors (Lipinski definition) is 5. The smallest absolute Gasteiger partial charge is 0.244 e. The fourth-order valence-electron chi connectivity index (χ4n) is 3.94. The van der Waals surface area contributed by atoms with E-state index in [0.717, 1.165) is 18.1 Å². The lowest BCUT2D eigenvalue weighted by atomic mass is 10.0. The Balaban J connectivity index is 1.72. The molecule has 7 nitrogen and oxygen atoms in total. The molecule has 0 saturated carbocycles. The van der Waals surface area contributed by atoms with Crippen LogP contribution >= 0.6 is 0 Å². The molecule has 0 radical (unpaired) electrons. The van der Waals surface area contributed by atoms with Gasteiger partial charge in [-0.2, -0.15) is 0 Å². The number of halogens is 1. The number of aryl methyl sites for hydroxylation is 1. The lowest BCUT2D eigenvalue weighted by molar-refractivity contribution is -0.116. The number of anilines is 1. The quantitative estimate of drug-likeness (QED) is 0.367. The van der Waals surface area contributed by atoms with Gasteiger partial charge in [0.05, 0.1) is 25.3 Å². The number of amides is 1. The summed E-state index contributed by atoms with van der Waals surface area (Å²) in [5.74, 6) is -0.548. The van der Waals surface area contributed by atoms with Crippen molar-refractivity contribution in [3.8, 4) is 11.5 Å². The summed E-state index contributed by atoms with van der Waals surface area (Å²) in [6, 6.07) is 15.6. The summed E-state index contributed by atoms with van der Waals surface area (Å²) in [7, 11) is 3.00. The molecule has 3 aromatic carbocycles. The molecule has 1 amide bonds. The number of carbonyl (C=O) groups is 2. The number of hydrogen-bond donors (Lipinski definition) is 1. The van der Waals surface area contributed by atoms with Gasteiger partial charge in [-0.05, 0) is 30.2 Å². The Bertz CT molecular complexity index is 1490. The molecule has 0 bridgehead atoms. The zero-order chi connectivity index (χ0) is 25.8. The van der Waals surface area contributed by atoms with E-state index in [-0.39, 0.29) is 17.5 Å². The van der Waals surface area contributed by atoms with Gasteiger partial charge in [0, 0.05) is 41.0 Å². The number of fused-ring (bicyclic) bond motifs is 1. The van der Waals surface area contributed by atoms with Gasteiger partial charge in [-0.3, -0.25) is 14.4 Å². The van der Waals surface area contributed by atoms with Crippen LogP contribution in [0.15, 0.2) is 71.7 Å². The van der Waals surface area contributed by atoms with E-state index in [9.17, 15) is 18.8 Å². The SMILES string of the molecule is CCc1ccc(C(=O)c2cn(CC(=O)Nc3cc(OC)cc(OC)c3)c3ccc(F)cc3c2=O)cc1. The molecule has 0 aliphatic carbocycles. The molecule has 0 aliphatic rings. The highest BCUT2D eigenvalue weighted by Gasteiger charge is 2.19. The van der Waals surface area contributed by atoms with Crippen molar-refractivity contribution >= 4 is 28.3 Å². The Morgan fingerprint density at radius 3 is 2.22 bits per heavy atom. The lowest BCUT2D eigenvalue weighted by Gasteiger charge is -2.14. The lowest BCUT2D eigenvalue weighted by Crippen LogP contribution is -2.24. The second kappa shape index (κ2) is 10.4. The molecule has 4 rings (SSSR count). The molecule has 36 heavy (non-hydrogen) atoms. The Hall–Kier alpha value is -4.46. The summed E-state index contributed by atoms with van der Waals surface area (Å²) in [6.45, 7) is 1.77. The molecule has 0 unspecified atom stereocenters. The van der Waals surface area contributed by atoms with Crippen LogP contribution in [0.25, 0.3) is 10.9 Å². The van der Waals surface area contributed by atoms with Crippen molar-refractivity contribution in [1.82, 2.24) is 4.57 Å². The maximum absolute atomic E-state index is 14.0. The minimum absolute atomic E-state index is 0.0156. The van der Waals surface area contributed by atoms with Crippen LogP contribution in [0.3, 0.4) is 0 Å². The summed E-state index contributed by atoms with van der Waals surface area (Å²) < 4.78 is 26.0. The normalized spacial score (nSPS) is 10.8. The molecular formula is C28H25FN2O5. The number of ketones is 1. The van der Waals surface area contributed by atoms with Crippen molar-refractivity contribution in [1.29, 1.82) is 0 Å². The second-order valence-corrected chi connectivity index (χ2v) is 8.19. The van der Waals surface area contributed by atoms with Gasteiger partial charge in [0.1, 0.15) is 23.9 Å². The van der Waals surface area contributed by atoms with E-state index in [0.29, 0.717) is 28.3 Å². The minimum atomic E-state index is -0.615. The van der Waals surface area contributed by atoms with Crippen LogP contribution in [0, 0.1) is 5.82 Å². The highest BCUT2D eigenvalue weighted by Crippen LogP contribution is 2.26. The molecule has 1 heterocycles. The molecular weight excluding hydrogens is 463 g/mol. The minimum Gasteiger partial charge on any atom is -0.497 e. The molecule has 0 fully saturated rings. The third-order valence-corrected chi connectivity index (χ3v) is 5.86. The number of benzene rings is 3. The van der Waals surface area contributed by atoms with E-state index < -0.39 is 22.9 Å². The predicted molar refractivity (Wildman–Crippen MR) is 136 cm³/mol. The highest BCUT2D eigenvalue weighted by molar-refractivity contribution is 6.10. The summed E-state index contributed by atoms with van der Waals surface area (Å²) in [4.78, 5) is 39.3. The third kappa shape index (κ3) is 5.12. The van der Waals surface area contributed by atoms with Crippen LogP contribution in [-0.4, -0.2) is 30.5 Å². The van der Waals surface area contributed by atoms with Crippen LogP contribution in [0.2, 0.25) is 0 Å². The fourth-order valence-corrected chi connectivity index (χ4v) is 3.94. The molecule has 8 heteroatoms. The van der Waals surface area contributed by atoms with E-state index >= 15 is 0 Å². The molecule has 1 N–H and O–H groups in total. The Kier molecular flexibility index (Phi) is 7.15. The van der Waals surface area contributed by atoms with Gasteiger partial charge in [-0.15, -0.1) is 0 Å². The average molecular weight is 489 g/mol. The Labute approximate surface area is 207 Å². The van der Waals surface area contributed by atoms with E-state index in [2.05, 4.69) is 5.32 Å². The molecule has 0 saturated heterocycles. The number of rotatable bonds is 8. The zero-order valence-electron chi connectivity index (χ0n) is 20.1. The number of nitrogens with zero attached hydrogens (tertiary/aromatic N) is 1. The summed E-state index contributed by atoms with van der Waals surface area (Å²) in [5, 5.41) is 2.78. The van der Waals surface area contributed by atoms with Gasteiger partial charge >= 0.3 is 0 Å². The second-order valence-electron chi connectivity index (χ2n) is 8.19. The van der Waals surface area contributed by atoms with Crippen molar-refractivity contribution in [3.05, 3.63) is 99.6 Å². The van der Waals surface area contributed by atoms with Crippen LogP contribution in [-0.2, 0) is 17.8 Å². The summed E-state index contributed by atoms with van der Waals surface area (Å²) in [6.07, 6.45) is 2.16. The van der Waals surface area contributed by atoms with Crippen molar-refractivity contribution in [2.45, 2.75) is 19.9 Å². The summed E-state index contributed by atoms with van der Waals surface area (Å²) in [5.41, 5.74) is 1.42. The zero-order valence-corrected chi connectivity index (χ0v) is 20.1. The third-order valence-electron chi connectivity index (χ3n) is 5.86. The van der Waals surface area contributed by atoms with Crippen molar-refractivity contribution < 1.29 is 23.5 Å². The number of carbonyl (C=O) groups excluding carboxylic acids is 2. The first-order valence-corrected chi connectivity index (χ1v) is 11.3. The van der Waals surface area contributed by atoms with Crippen LogP contribution in [0.5, 0.6) is 11.5 Å². The Morgan fingerprint density at radius 2 is 1.61 bits per heavy atom. The molecule has 1 aromatic heterocycles. The topological polar surface area (TPSA) is 86.6 Å². The molecule has 4 aromatic rings. The standard InChI is InChI=1S/C28H25FN2O5/c1-4-17-5-7-18(8-6-17)27(33)24-15-31(25-10-9-19(29)11-23(25)28(24)34)16-26(32)30-20-12-21(35-2)14-22(13-20)36-3/h5-15H,4,16H2,1-3H3,(H,30,32). The number of methoxy groups -OCH3 is 2. The Morgan fingerprint density at radius 1 is 0.944 bits per heavy atom. The van der Waals surface area contributed by atoms with E-state index in [1.807, 2.05) is 19.1 Å². The van der Waals surface area contributed by atoms with E-state index in [1.165, 1.54) is 37.1 Å². The van der Waals surface area contributed by atoms with Crippen LogP contribution in [0.1, 0.15) is 28.4 Å². The largest absolute Gasteiger partial charge is 0.497 e. The molecule has 184 valence electrons. The molecule has 0 atom stereocenters. The first-order valence-electron chi connectivity index (χ1n) is 11.3. The highest BCUT2D eigenvalue weighted by atomic mass is 19.1. The maximum atomic E-state index is 14.0.